The maximum Gasteiger partial charge on any atom is 0.272 e. The number of fused-ring (bicyclic) bond motifs is 3. The minimum atomic E-state index is -0.0926. The molecule has 0 atom stereocenters. The number of nitrogens with two attached hydrogens (primary N) is 3. The van der Waals surface area contributed by atoms with Crippen molar-refractivity contribution in [2.45, 2.75) is 47.3 Å². The Labute approximate surface area is 569 Å². The highest BCUT2D eigenvalue weighted by atomic mass is 35.5. The summed E-state index contributed by atoms with van der Waals surface area (Å²) < 4.78 is 5.54. The summed E-state index contributed by atoms with van der Waals surface area (Å²) in [5.74, 6) is 1.23. The lowest BCUT2D eigenvalue weighted by Gasteiger charge is -2.34. The molecule has 4 amide bonds. The van der Waals surface area contributed by atoms with Gasteiger partial charge in [0.05, 0.1) is 18.6 Å². The fraction of sp³-hybridized carbons (Fsp3) is 0.271. The van der Waals surface area contributed by atoms with E-state index in [1.165, 1.54) is 0 Å². The normalized spacial score (nSPS) is 14.2. The van der Waals surface area contributed by atoms with Gasteiger partial charge in [-0.2, -0.15) is 0 Å². The van der Waals surface area contributed by atoms with Crippen molar-refractivity contribution >= 4 is 87.3 Å². The molecule has 3 fully saturated rings. The number of aryl methyl sites for hydroxylation is 3. The number of rotatable bonds is 11. The Morgan fingerprint density at radius 3 is 0.938 bits per heavy atom. The number of halogens is 3. The average Bonchev–Trinajstić information content (AvgIpc) is 1.57. The number of hydrogen-bond donors (Lipinski definition) is 3. The van der Waals surface area contributed by atoms with Crippen molar-refractivity contribution < 1.29 is 19.2 Å². The van der Waals surface area contributed by atoms with Gasteiger partial charge >= 0.3 is 0 Å². The predicted octanol–water partition coefficient (Wildman–Crippen LogP) is 9.07. The molecule has 11 heterocycles. The van der Waals surface area contributed by atoms with E-state index in [2.05, 4.69) is 44.7 Å². The Bertz CT molecular complexity index is 4490. The molecule has 492 valence electrons. The molecule has 3 aromatic carbocycles. The molecule has 0 unspecified atom stereocenters. The molecule has 26 heteroatoms. The van der Waals surface area contributed by atoms with E-state index in [9.17, 15) is 19.2 Å². The third kappa shape index (κ3) is 13.9. The monoisotopic (exact) mass is 1350 g/mol. The van der Waals surface area contributed by atoms with Gasteiger partial charge in [-0.25, -0.2) is 34.9 Å². The van der Waals surface area contributed by atoms with Crippen molar-refractivity contribution in [3.8, 4) is 33.4 Å². The van der Waals surface area contributed by atoms with Crippen molar-refractivity contribution in [3.63, 3.8) is 0 Å². The minimum Gasteiger partial charge on any atom is -0.339 e. The summed E-state index contributed by atoms with van der Waals surface area (Å²) in [6, 6.07) is 26.7. The van der Waals surface area contributed by atoms with Crippen molar-refractivity contribution in [1.82, 2.24) is 67.7 Å². The number of aromatic nitrogens is 10. The van der Waals surface area contributed by atoms with Gasteiger partial charge in [-0.15, -0.1) is 0 Å². The van der Waals surface area contributed by atoms with Gasteiger partial charge in [0.25, 0.3) is 17.7 Å². The topological polar surface area (TPSA) is 269 Å². The van der Waals surface area contributed by atoms with Crippen molar-refractivity contribution in [2.75, 3.05) is 88.3 Å². The maximum atomic E-state index is 13.4. The molecule has 14 rings (SSSR count). The number of anilines is 2. The summed E-state index contributed by atoms with van der Waals surface area (Å²) in [5, 5.41) is 2.05. The van der Waals surface area contributed by atoms with Crippen LogP contribution in [0.25, 0.3) is 50.3 Å². The number of imidazole rings is 3. The number of amides is 4. The van der Waals surface area contributed by atoms with Gasteiger partial charge in [-0.1, -0.05) is 53.0 Å². The first kappa shape index (κ1) is 66.2. The Morgan fingerprint density at radius 2 is 0.667 bits per heavy atom. The van der Waals surface area contributed by atoms with Crippen LogP contribution in [0.4, 0.5) is 11.9 Å². The molecule has 3 aliphatic rings. The van der Waals surface area contributed by atoms with Gasteiger partial charge in [0.1, 0.15) is 34.0 Å². The number of nitrogens with zero attached hydrogens (tertiary/aromatic N) is 16. The first-order valence-electron chi connectivity index (χ1n) is 31.6. The summed E-state index contributed by atoms with van der Waals surface area (Å²) in [7, 11) is 0. The number of carbonyl (C=O) groups is 4. The zero-order valence-corrected chi connectivity index (χ0v) is 55.9. The molecule has 0 radical (unpaired) electrons. The standard InChI is InChI=1S/2C24H24ClN7O.C22H24ClN5O2/c2*1-16-11-18(25)3-4-19(16)20-15-32-21(14-29-22(32)12-17(20)13-26)23(33)30-7-9-31(10-8-30)24-27-5-2-6-28-24;1-14-9-17(23)3-4-18(14)19-13-28-20(12-25-21(28)10-16(19)11-24)22(30)27-7-5-26(6-8-27)15(2)29/h2*2-6,11-12,14-15H,7-10,13,26H2,1H3;3-4,9-10,12-13H,5-8,11,24H2,1-2H3. The van der Waals surface area contributed by atoms with E-state index < -0.39 is 0 Å². The summed E-state index contributed by atoms with van der Waals surface area (Å²) in [6.07, 6.45) is 17.7. The quantitative estimate of drug-likeness (QED) is 0.109. The number of benzene rings is 3. The summed E-state index contributed by atoms with van der Waals surface area (Å²) in [4.78, 5) is 93.6. The van der Waals surface area contributed by atoms with Crippen molar-refractivity contribution in [3.05, 3.63) is 212 Å². The first-order valence-corrected chi connectivity index (χ1v) is 32.7. The molecule has 23 nitrogen and oxygen atoms in total. The number of carbonyl (C=O) groups excluding carboxylic acids is 4. The number of pyridine rings is 3. The highest BCUT2D eigenvalue weighted by Gasteiger charge is 2.30. The molecule has 0 aliphatic carbocycles. The van der Waals surface area contributed by atoms with Gasteiger partial charge in [0.2, 0.25) is 17.8 Å². The molecule has 3 aliphatic heterocycles. The van der Waals surface area contributed by atoms with Crippen LogP contribution in [-0.2, 0) is 24.4 Å². The second kappa shape index (κ2) is 29.0. The third-order valence-corrected chi connectivity index (χ3v) is 18.5. The molecule has 3 saturated heterocycles. The van der Waals surface area contributed by atoms with E-state index in [0.717, 1.165) is 66.8 Å². The summed E-state index contributed by atoms with van der Waals surface area (Å²) in [5.41, 5.74) is 33.7. The molecule has 0 saturated carbocycles. The molecule has 96 heavy (non-hydrogen) atoms. The molecular weight excluding hydrogens is 1280 g/mol. The maximum absolute atomic E-state index is 13.4. The zero-order chi connectivity index (χ0) is 67.3. The Hall–Kier alpha value is -9.88. The molecule has 8 aromatic heterocycles. The van der Waals surface area contributed by atoms with Crippen molar-refractivity contribution in [2.24, 2.45) is 17.2 Å². The molecular formula is C70H72Cl3N19O4. The third-order valence-electron chi connectivity index (χ3n) is 17.8. The molecule has 0 spiro atoms. The second-order valence-corrected chi connectivity index (χ2v) is 25.0. The van der Waals surface area contributed by atoms with Crippen LogP contribution in [0.1, 0.15) is 71.8 Å². The Morgan fingerprint density at radius 1 is 0.385 bits per heavy atom. The molecule has 6 N–H and O–H groups in total. The lowest BCUT2D eigenvalue weighted by atomic mass is 9.97. The van der Waals surface area contributed by atoms with E-state index in [1.54, 1.807) is 72.2 Å². The largest absolute Gasteiger partial charge is 0.339 e. The summed E-state index contributed by atoms with van der Waals surface area (Å²) >= 11 is 18.4. The van der Waals surface area contributed by atoms with Crippen LogP contribution in [0.3, 0.4) is 0 Å². The van der Waals surface area contributed by atoms with Crippen LogP contribution in [-0.4, -0.2) is 170 Å². The SMILES string of the molecule is CC(=O)N1CCN(C(=O)c2cnc3cc(CN)c(-c4ccc(Cl)cc4C)cn23)CC1.Cc1cc(Cl)ccc1-c1cn2c(C(=O)N3CCN(c4ncccn4)CC3)cnc2cc1CN.Cc1cc(Cl)ccc1-c1cn2c(C(=O)N3CCN(c4ncccn4)CC3)cnc2cc1CN. The van der Waals surface area contributed by atoms with Gasteiger partial charge in [0, 0.05) is 180 Å². The lowest BCUT2D eigenvalue weighted by Crippen LogP contribution is -2.50. The van der Waals surface area contributed by atoms with E-state index >= 15 is 0 Å². The average molecular weight is 1350 g/mol. The van der Waals surface area contributed by atoms with Gasteiger partial charge in [-0.3, -0.25) is 32.4 Å². The minimum absolute atomic E-state index is 0.0363. The van der Waals surface area contributed by atoms with E-state index in [-0.39, 0.29) is 23.6 Å². The fourth-order valence-electron chi connectivity index (χ4n) is 12.5. The van der Waals surface area contributed by atoms with Crippen LogP contribution in [0.5, 0.6) is 0 Å². The van der Waals surface area contributed by atoms with E-state index in [1.807, 2.05) is 135 Å². The second-order valence-electron chi connectivity index (χ2n) is 23.7. The predicted molar refractivity (Wildman–Crippen MR) is 373 cm³/mol. The zero-order valence-electron chi connectivity index (χ0n) is 53.6. The molecule has 11 aromatic rings. The number of piperazine rings is 3. The fourth-order valence-corrected chi connectivity index (χ4v) is 13.2. The van der Waals surface area contributed by atoms with Gasteiger partial charge in [-0.05, 0) is 138 Å². The van der Waals surface area contributed by atoms with Crippen LogP contribution < -0.4 is 27.0 Å². The van der Waals surface area contributed by atoms with E-state index in [4.69, 9.17) is 52.0 Å². The first-order chi connectivity index (χ1) is 46.5. The summed E-state index contributed by atoms with van der Waals surface area (Å²) in [6.45, 7) is 15.9. The van der Waals surface area contributed by atoms with Crippen LogP contribution in [0.15, 0.2) is 147 Å². The van der Waals surface area contributed by atoms with Crippen molar-refractivity contribution in [1.29, 1.82) is 0 Å². The highest BCUT2D eigenvalue weighted by Crippen LogP contribution is 2.34. The Kier molecular flexibility index (Phi) is 20.0. The van der Waals surface area contributed by atoms with E-state index in [0.29, 0.717) is 159 Å². The molecule has 0 bridgehead atoms. The van der Waals surface area contributed by atoms with Gasteiger partial charge < -0.3 is 46.6 Å². The van der Waals surface area contributed by atoms with Gasteiger partial charge in [0.15, 0.2) is 0 Å². The van der Waals surface area contributed by atoms with Crippen LogP contribution >= 0.6 is 34.8 Å². The Balaban J connectivity index is 0.000000138. The smallest absolute Gasteiger partial charge is 0.272 e. The highest BCUT2D eigenvalue weighted by molar-refractivity contribution is 6.31. The van der Waals surface area contributed by atoms with Crippen LogP contribution in [0.2, 0.25) is 15.1 Å². The van der Waals surface area contributed by atoms with Crippen LogP contribution in [0, 0.1) is 20.8 Å². The number of hydrogen-bond acceptors (Lipinski definition) is 16. The lowest BCUT2D eigenvalue weighted by molar-refractivity contribution is -0.130.